The molecule has 0 bridgehead atoms. The predicted molar refractivity (Wildman–Crippen MR) is 60.2 cm³/mol. The number of rotatable bonds is 3. The van der Waals surface area contributed by atoms with Crippen molar-refractivity contribution >= 4 is 17.5 Å². The average molecular weight is 228 g/mol. The molecule has 2 N–H and O–H groups in total. The van der Waals surface area contributed by atoms with Gasteiger partial charge in [-0.25, -0.2) is 0 Å². The summed E-state index contributed by atoms with van der Waals surface area (Å²) in [4.78, 5) is 11.6. The van der Waals surface area contributed by atoms with Crippen LogP contribution in [0.3, 0.4) is 0 Å². The van der Waals surface area contributed by atoms with Crippen LogP contribution in [0.15, 0.2) is 18.2 Å². The van der Waals surface area contributed by atoms with Gasteiger partial charge in [-0.3, -0.25) is 4.79 Å². The van der Waals surface area contributed by atoms with E-state index < -0.39 is 6.10 Å². The lowest BCUT2D eigenvalue weighted by molar-refractivity contribution is 0.0924. The van der Waals surface area contributed by atoms with Crippen molar-refractivity contribution in [1.82, 2.24) is 5.32 Å². The molecule has 1 atom stereocenters. The molecule has 0 aliphatic heterocycles. The fraction of sp³-hybridized carbons (Fsp3) is 0.364. The molecule has 0 unspecified atom stereocenters. The van der Waals surface area contributed by atoms with Crippen LogP contribution in [0.4, 0.5) is 0 Å². The Morgan fingerprint density at radius 2 is 2.27 bits per heavy atom. The molecule has 4 heteroatoms. The van der Waals surface area contributed by atoms with E-state index in [1.54, 1.807) is 19.1 Å². The Kier molecular flexibility index (Phi) is 4.12. The highest BCUT2D eigenvalue weighted by Crippen LogP contribution is 2.17. The minimum atomic E-state index is -0.557. The average Bonchev–Trinajstić information content (AvgIpc) is 2.14. The molecule has 1 rings (SSSR count). The molecule has 0 spiro atoms. The second-order valence-corrected chi connectivity index (χ2v) is 3.95. The van der Waals surface area contributed by atoms with Crippen LogP contribution in [0.5, 0.6) is 0 Å². The normalized spacial score (nSPS) is 12.3. The Morgan fingerprint density at radius 3 is 2.80 bits per heavy atom. The SMILES string of the molecule is Cc1ccc(C(=O)NC[C@@H](C)O)c(Cl)c1. The smallest absolute Gasteiger partial charge is 0.252 e. The van der Waals surface area contributed by atoms with Crippen LogP contribution in [0.2, 0.25) is 5.02 Å². The summed E-state index contributed by atoms with van der Waals surface area (Å²) in [5, 5.41) is 12.0. The number of aliphatic hydroxyl groups excluding tert-OH is 1. The van der Waals surface area contributed by atoms with Crippen LogP contribution in [0, 0.1) is 6.92 Å². The van der Waals surface area contributed by atoms with Crippen molar-refractivity contribution in [3.8, 4) is 0 Å². The highest BCUT2D eigenvalue weighted by molar-refractivity contribution is 6.33. The van der Waals surface area contributed by atoms with Gasteiger partial charge in [-0.15, -0.1) is 0 Å². The second kappa shape index (κ2) is 5.14. The lowest BCUT2D eigenvalue weighted by Crippen LogP contribution is -2.30. The van der Waals surface area contributed by atoms with Crippen molar-refractivity contribution in [3.05, 3.63) is 34.3 Å². The topological polar surface area (TPSA) is 49.3 Å². The zero-order valence-corrected chi connectivity index (χ0v) is 9.51. The van der Waals surface area contributed by atoms with Gasteiger partial charge in [-0.1, -0.05) is 17.7 Å². The first-order valence-corrected chi connectivity index (χ1v) is 5.11. The Balaban J connectivity index is 2.74. The molecule has 0 fully saturated rings. The second-order valence-electron chi connectivity index (χ2n) is 3.54. The third-order valence-corrected chi connectivity index (χ3v) is 2.24. The Bertz CT molecular complexity index is 364. The van der Waals surface area contributed by atoms with E-state index in [0.29, 0.717) is 10.6 Å². The number of aryl methyl sites for hydroxylation is 1. The summed E-state index contributed by atoms with van der Waals surface area (Å²) in [7, 11) is 0. The zero-order chi connectivity index (χ0) is 11.4. The van der Waals surface area contributed by atoms with Gasteiger partial charge in [-0.2, -0.15) is 0 Å². The van der Waals surface area contributed by atoms with Crippen LogP contribution in [0.1, 0.15) is 22.8 Å². The standard InChI is InChI=1S/C11H14ClNO2/c1-7-3-4-9(10(12)5-7)11(15)13-6-8(2)14/h3-5,8,14H,6H2,1-2H3,(H,13,15)/t8-/m1/s1. The van der Waals surface area contributed by atoms with E-state index >= 15 is 0 Å². The van der Waals surface area contributed by atoms with Crippen LogP contribution >= 0.6 is 11.6 Å². The van der Waals surface area contributed by atoms with E-state index in [0.717, 1.165) is 5.56 Å². The largest absolute Gasteiger partial charge is 0.392 e. The van der Waals surface area contributed by atoms with Crippen molar-refractivity contribution in [2.24, 2.45) is 0 Å². The van der Waals surface area contributed by atoms with E-state index in [1.807, 2.05) is 13.0 Å². The molecule has 0 aliphatic carbocycles. The first-order valence-electron chi connectivity index (χ1n) is 4.73. The molecular formula is C11H14ClNO2. The highest BCUT2D eigenvalue weighted by atomic mass is 35.5. The molecule has 1 aromatic rings. The number of benzene rings is 1. The maximum Gasteiger partial charge on any atom is 0.252 e. The van der Waals surface area contributed by atoms with Gasteiger partial charge in [0, 0.05) is 6.54 Å². The van der Waals surface area contributed by atoms with Crippen LogP contribution < -0.4 is 5.32 Å². The summed E-state index contributed by atoms with van der Waals surface area (Å²) >= 11 is 5.92. The summed E-state index contributed by atoms with van der Waals surface area (Å²) in [5.74, 6) is -0.263. The summed E-state index contributed by atoms with van der Waals surface area (Å²) in [6.45, 7) is 3.74. The van der Waals surface area contributed by atoms with E-state index in [9.17, 15) is 4.79 Å². The number of hydrogen-bond acceptors (Lipinski definition) is 2. The number of carbonyl (C=O) groups is 1. The molecule has 1 aromatic carbocycles. The molecule has 0 aromatic heterocycles. The number of amides is 1. The molecule has 82 valence electrons. The van der Waals surface area contributed by atoms with Gasteiger partial charge < -0.3 is 10.4 Å². The third-order valence-electron chi connectivity index (χ3n) is 1.93. The van der Waals surface area contributed by atoms with Gasteiger partial charge in [-0.05, 0) is 31.5 Å². The molecule has 0 saturated carbocycles. The number of carbonyl (C=O) groups excluding carboxylic acids is 1. The molecular weight excluding hydrogens is 214 g/mol. The van der Waals surface area contributed by atoms with E-state index in [4.69, 9.17) is 16.7 Å². The van der Waals surface area contributed by atoms with Crippen molar-refractivity contribution in [3.63, 3.8) is 0 Å². The minimum Gasteiger partial charge on any atom is -0.392 e. The quantitative estimate of drug-likeness (QED) is 0.827. The fourth-order valence-corrected chi connectivity index (χ4v) is 1.46. The number of hydrogen-bond donors (Lipinski definition) is 2. The monoisotopic (exact) mass is 227 g/mol. The van der Waals surface area contributed by atoms with Gasteiger partial charge >= 0.3 is 0 Å². The molecule has 0 heterocycles. The number of halogens is 1. The molecule has 15 heavy (non-hydrogen) atoms. The first-order chi connectivity index (χ1) is 7.00. The maximum atomic E-state index is 11.6. The Hall–Kier alpha value is -1.06. The summed E-state index contributed by atoms with van der Waals surface area (Å²) in [6.07, 6.45) is -0.557. The van der Waals surface area contributed by atoms with Crippen molar-refractivity contribution in [1.29, 1.82) is 0 Å². The molecule has 0 saturated heterocycles. The van der Waals surface area contributed by atoms with E-state index in [-0.39, 0.29) is 12.5 Å². The van der Waals surface area contributed by atoms with Crippen molar-refractivity contribution in [2.75, 3.05) is 6.54 Å². The van der Waals surface area contributed by atoms with Gasteiger partial charge in [0.15, 0.2) is 0 Å². The van der Waals surface area contributed by atoms with Crippen LogP contribution in [-0.4, -0.2) is 23.7 Å². The highest BCUT2D eigenvalue weighted by Gasteiger charge is 2.10. The van der Waals surface area contributed by atoms with Crippen molar-refractivity contribution in [2.45, 2.75) is 20.0 Å². The van der Waals surface area contributed by atoms with E-state index in [2.05, 4.69) is 5.32 Å². The predicted octanol–water partition coefficient (Wildman–Crippen LogP) is 1.76. The van der Waals surface area contributed by atoms with Gasteiger partial charge in [0.2, 0.25) is 0 Å². The van der Waals surface area contributed by atoms with E-state index in [1.165, 1.54) is 0 Å². The van der Waals surface area contributed by atoms with Crippen LogP contribution in [0.25, 0.3) is 0 Å². The summed E-state index contributed by atoms with van der Waals surface area (Å²) < 4.78 is 0. The van der Waals surface area contributed by atoms with Crippen LogP contribution in [-0.2, 0) is 0 Å². The minimum absolute atomic E-state index is 0.225. The van der Waals surface area contributed by atoms with Crippen molar-refractivity contribution < 1.29 is 9.90 Å². The summed E-state index contributed by atoms with van der Waals surface area (Å²) in [6, 6.07) is 5.23. The first kappa shape index (κ1) is 12.0. The number of aliphatic hydroxyl groups is 1. The van der Waals surface area contributed by atoms with Gasteiger partial charge in [0.05, 0.1) is 16.7 Å². The molecule has 0 radical (unpaired) electrons. The maximum absolute atomic E-state index is 11.6. The lowest BCUT2D eigenvalue weighted by atomic mass is 10.1. The zero-order valence-electron chi connectivity index (χ0n) is 8.75. The molecule has 1 amide bonds. The molecule has 0 aliphatic rings. The number of nitrogens with one attached hydrogen (secondary N) is 1. The molecule has 3 nitrogen and oxygen atoms in total. The van der Waals surface area contributed by atoms with Gasteiger partial charge in [0.25, 0.3) is 5.91 Å². The summed E-state index contributed by atoms with van der Waals surface area (Å²) in [5.41, 5.74) is 1.44. The fourth-order valence-electron chi connectivity index (χ4n) is 1.14. The third kappa shape index (κ3) is 3.53. The Morgan fingerprint density at radius 1 is 1.60 bits per heavy atom. The lowest BCUT2D eigenvalue weighted by Gasteiger charge is -2.08. The van der Waals surface area contributed by atoms with Gasteiger partial charge in [0.1, 0.15) is 0 Å². The Labute approximate surface area is 94.1 Å².